The van der Waals surface area contributed by atoms with Gasteiger partial charge in [-0.15, -0.1) is 5.10 Å². The van der Waals surface area contributed by atoms with E-state index in [1.807, 2.05) is 26.0 Å². The lowest BCUT2D eigenvalue weighted by Crippen LogP contribution is -2.13. The Bertz CT molecular complexity index is 940. The van der Waals surface area contributed by atoms with Crippen LogP contribution in [-0.2, 0) is 4.79 Å². The minimum atomic E-state index is 0.0472. The fourth-order valence-electron chi connectivity index (χ4n) is 3.13. The fraction of sp³-hybridized carbons (Fsp3) is 0.318. The molecule has 146 valence electrons. The van der Waals surface area contributed by atoms with Crippen molar-refractivity contribution >= 4 is 23.4 Å². The summed E-state index contributed by atoms with van der Waals surface area (Å²) in [6.07, 6.45) is 1.25. The zero-order valence-electron chi connectivity index (χ0n) is 16.8. The Morgan fingerprint density at radius 2 is 1.71 bits per heavy atom. The van der Waals surface area contributed by atoms with Crippen LogP contribution in [0.25, 0.3) is 11.4 Å². The molecular formula is C22H26N4OS. The number of nitrogens with one attached hydrogen (secondary N) is 2. The molecule has 0 radical (unpaired) electrons. The third kappa shape index (κ3) is 5.23. The Hall–Kier alpha value is -2.60. The Morgan fingerprint density at radius 3 is 2.39 bits per heavy atom. The van der Waals surface area contributed by atoms with Gasteiger partial charge in [-0.05, 0) is 45.2 Å². The van der Waals surface area contributed by atoms with Crippen LogP contribution in [0.3, 0.4) is 0 Å². The van der Waals surface area contributed by atoms with Crippen molar-refractivity contribution in [3.05, 3.63) is 58.7 Å². The van der Waals surface area contributed by atoms with Crippen LogP contribution < -0.4 is 5.32 Å². The summed E-state index contributed by atoms with van der Waals surface area (Å²) >= 11 is 1.56. The first-order valence-corrected chi connectivity index (χ1v) is 10.4. The molecule has 0 saturated carbocycles. The average molecular weight is 395 g/mol. The second kappa shape index (κ2) is 9.06. The first-order valence-electron chi connectivity index (χ1n) is 9.42. The van der Waals surface area contributed by atoms with Gasteiger partial charge in [0.05, 0.1) is 0 Å². The van der Waals surface area contributed by atoms with Crippen molar-refractivity contribution in [1.29, 1.82) is 0 Å². The minimum Gasteiger partial charge on any atom is -0.326 e. The molecule has 6 heteroatoms. The number of benzene rings is 2. The summed E-state index contributed by atoms with van der Waals surface area (Å²) in [6.45, 7) is 8.18. The summed E-state index contributed by atoms with van der Waals surface area (Å²) in [6, 6.07) is 12.4. The van der Waals surface area contributed by atoms with E-state index in [9.17, 15) is 4.79 Å². The molecule has 0 aliphatic carbocycles. The van der Waals surface area contributed by atoms with Crippen LogP contribution in [0, 0.1) is 27.7 Å². The molecule has 0 aliphatic heterocycles. The summed E-state index contributed by atoms with van der Waals surface area (Å²) in [5, 5.41) is 11.0. The number of aromatic amines is 1. The molecule has 0 spiro atoms. The van der Waals surface area contributed by atoms with Crippen LogP contribution in [0.4, 0.5) is 5.69 Å². The van der Waals surface area contributed by atoms with E-state index in [1.165, 1.54) is 11.1 Å². The lowest BCUT2D eigenvalue weighted by molar-refractivity contribution is -0.116. The lowest BCUT2D eigenvalue weighted by Gasteiger charge is -2.12. The largest absolute Gasteiger partial charge is 0.326 e. The average Bonchev–Trinajstić information content (AvgIpc) is 3.11. The maximum atomic E-state index is 12.3. The number of carbonyl (C=O) groups excluding carboxylic acids is 1. The van der Waals surface area contributed by atoms with E-state index < -0.39 is 0 Å². The number of rotatable bonds is 7. The number of hydrogen-bond acceptors (Lipinski definition) is 4. The topological polar surface area (TPSA) is 70.7 Å². The first-order chi connectivity index (χ1) is 13.4. The molecule has 28 heavy (non-hydrogen) atoms. The summed E-state index contributed by atoms with van der Waals surface area (Å²) in [7, 11) is 0. The molecule has 2 aromatic carbocycles. The predicted octanol–water partition coefficient (Wildman–Crippen LogP) is 5.22. The molecule has 0 saturated heterocycles. The number of carbonyl (C=O) groups is 1. The second-order valence-corrected chi connectivity index (χ2v) is 8.17. The van der Waals surface area contributed by atoms with E-state index in [0.717, 1.165) is 40.4 Å². The third-order valence-electron chi connectivity index (χ3n) is 4.51. The molecule has 0 aliphatic rings. The van der Waals surface area contributed by atoms with Gasteiger partial charge >= 0.3 is 0 Å². The fourth-order valence-corrected chi connectivity index (χ4v) is 3.86. The normalized spacial score (nSPS) is 10.9. The van der Waals surface area contributed by atoms with Crippen molar-refractivity contribution < 1.29 is 4.79 Å². The summed E-state index contributed by atoms with van der Waals surface area (Å²) < 4.78 is 0. The SMILES string of the molecule is Cc1ccc(-c2nc(SCCCC(=O)Nc3c(C)cc(C)cc3C)n[nH]2)cc1. The molecule has 0 atom stereocenters. The molecule has 1 amide bonds. The third-order valence-corrected chi connectivity index (χ3v) is 5.44. The standard InChI is InChI=1S/C22H26N4OS/c1-14-7-9-18(10-8-14)21-24-22(26-25-21)28-11-5-6-19(27)23-20-16(3)12-15(2)13-17(20)4/h7-10,12-13H,5-6,11H2,1-4H3,(H,23,27)(H,24,25,26). The highest BCUT2D eigenvalue weighted by molar-refractivity contribution is 7.99. The van der Waals surface area contributed by atoms with Gasteiger partial charge in [0, 0.05) is 23.4 Å². The maximum absolute atomic E-state index is 12.3. The van der Waals surface area contributed by atoms with Crippen LogP contribution in [0.5, 0.6) is 0 Å². The molecule has 2 N–H and O–H groups in total. The number of amides is 1. The van der Waals surface area contributed by atoms with Gasteiger partial charge < -0.3 is 5.32 Å². The monoisotopic (exact) mass is 394 g/mol. The van der Waals surface area contributed by atoms with Crippen LogP contribution in [0.2, 0.25) is 0 Å². The van der Waals surface area contributed by atoms with E-state index in [-0.39, 0.29) is 5.91 Å². The predicted molar refractivity (Wildman–Crippen MR) is 116 cm³/mol. The van der Waals surface area contributed by atoms with Crippen molar-refractivity contribution in [1.82, 2.24) is 15.2 Å². The second-order valence-electron chi connectivity index (χ2n) is 7.11. The Morgan fingerprint density at radius 1 is 1.04 bits per heavy atom. The molecule has 0 bridgehead atoms. The molecule has 3 aromatic rings. The van der Waals surface area contributed by atoms with Gasteiger partial charge in [0.25, 0.3) is 0 Å². The molecule has 1 aromatic heterocycles. The molecule has 3 rings (SSSR count). The minimum absolute atomic E-state index is 0.0472. The molecule has 0 fully saturated rings. The summed E-state index contributed by atoms with van der Waals surface area (Å²) in [4.78, 5) is 16.8. The van der Waals surface area contributed by atoms with Gasteiger partial charge in [-0.25, -0.2) is 4.98 Å². The zero-order chi connectivity index (χ0) is 20.1. The van der Waals surface area contributed by atoms with Crippen molar-refractivity contribution in [2.45, 2.75) is 45.7 Å². The Labute approximate surface area is 170 Å². The lowest BCUT2D eigenvalue weighted by atomic mass is 10.0. The van der Waals surface area contributed by atoms with Gasteiger partial charge in [0.1, 0.15) is 0 Å². The highest BCUT2D eigenvalue weighted by Gasteiger charge is 2.10. The van der Waals surface area contributed by atoms with Crippen LogP contribution in [0.15, 0.2) is 41.6 Å². The summed E-state index contributed by atoms with van der Waals surface area (Å²) in [5.74, 6) is 1.61. The van der Waals surface area contributed by atoms with Crippen molar-refractivity contribution in [2.75, 3.05) is 11.1 Å². The first kappa shape index (κ1) is 20.1. The van der Waals surface area contributed by atoms with Crippen molar-refractivity contribution in [2.24, 2.45) is 0 Å². The quantitative estimate of drug-likeness (QED) is 0.426. The van der Waals surface area contributed by atoms with Crippen LogP contribution >= 0.6 is 11.8 Å². The number of nitrogens with zero attached hydrogens (tertiary/aromatic N) is 2. The van der Waals surface area contributed by atoms with E-state index >= 15 is 0 Å². The Balaban J connectivity index is 1.46. The van der Waals surface area contributed by atoms with Gasteiger partial charge in [-0.3, -0.25) is 9.89 Å². The van der Waals surface area contributed by atoms with Crippen LogP contribution in [0.1, 0.15) is 35.1 Å². The maximum Gasteiger partial charge on any atom is 0.224 e. The van der Waals surface area contributed by atoms with Gasteiger partial charge in [0.2, 0.25) is 11.1 Å². The van der Waals surface area contributed by atoms with E-state index in [1.54, 1.807) is 11.8 Å². The molecule has 5 nitrogen and oxygen atoms in total. The van der Waals surface area contributed by atoms with Gasteiger partial charge in [-0.1, -0.05) is 59.3 Å². The summed E-state index contributed by atoms with van der Waals surface area (Å²) in [5.41, 5.74) is 6.58. The van der Waals surface area contributed by atoms with Crippen molar-refractivity contribution in [3.63, 3.8) is 0 Å². The van der Waals surface area contributed by atoms with Gasteiger partial charge in [0.15, 0.2) is 5.82 Å². The van der Waals surface area contributed by atoms with E-state index in [2.05, 4.69) is 58.6 Å². The van der Waals surface area contributed by atoms with Crippen LogP contribution in [-0.4, -0.2) is 26.8 Å². The molecule has 0 unspecified atom stereocenters. The van der Waals surface area contributed by atoms with E-state index in [4.69, 9.17) is 0 Å². The molecular weight excluding hydrogens is 368 g/mol. The number of thioether (sulfide) groups is 1. The molecule has 1 heterocycles. The van der Waals surface area contributed by atoms with Crippen molar-refractivity contribution in [3.8, 4) is 11.4 Å². The highest BCUT2D eigenvalue weighted by atomic mass is 32.2. The number of anilines is 1. The number of H-pyrrole nitrogens is 1. The smallest absolute Gasteiger partial charge is 0.224 e. The van der Waals surface area contributed by atoms with Gasteiger partial charge in [-0.2, -0.15) is 0 Å². The number of aryl methyl sites for hydroxylation is 4. The number of aromatic nitrogens is 3. The zero-order valence-corrected chi connectivity index (χ0v) is 17.6. The highest BCUT2D eigenvalue weighted by Crippen LogP contribution is 2.23. The number of hydrogen-bond donors (Lipinski definition) is 2. The van der Waals surface area contributed by atoms with E-state index in [0.29, 0.717) is 11.6 Å². The Kier molecular flexibility index (Phi) is 6.52.